The highest BCUT2D eigenvalue weighted by molar-refractivity contribution is 5.95. The standard InChI is InChI=1S/C16H17F6NO/c1-9-4-3-5-10(2)23(9)14(24)11-6-12(15(17,18)19)8-13(7-11)16(20,21)22/h6-10H,3-5H2,1-2H3. The van der Waals surface area contributed by atoms with Crippen LogP contribution in [0.25, 0.3) is 0 Å². The lowest BCUT2D eigenvalue weighted by Gasteiger charge is -2.39. The molecule has 0 N–H and O–H groups in total. The van der Waals surface area contributed by atoms with E-state index in [-0.39, 0.29) is 18.2 Å². The first-order valence-electron chi connectivity index (χ1n) is 7.53. The number of likely N-dealkylation sites (tertiary alicyclic amines) is 1. The van der Waals surface area contributed by atoms with E-state index in [9.17, 15) is 31.1 Å². The van der Waals surface area contributed by atoms with Gasteiger partial charge in [-0.3, -0.25) is 4.79 Å². The predicted molar refractivity (Wildman–Crippen MR) is 75.4 cm³/mol. The summed E-state index contributed by atoms with van der Waals surface area (Å²) in [5.74, 6) is -0.800. The number of carbonyl (C=O) groups is 1. The molecule has 0 bridgehead atoms. The molecule has 134 valence electrons. The maximum atomic E-state index is 12.9. The van der Waals surface area contributed by atoms with Gasteiger partial charge < -0.3 is 4.90 Å². The highest BCUT2D eigenvalue weighted by Gasteiger charge is 2.39. The minimum atomic E-state index is -4.96. The number of hydrogen-bond acceptors (Lipinski definition) is 1. The summed E-state index contributed by atoms with van der Waals surface area (Å²) in [5.41, 5.74) is -3.53. The third-order valence-electron chi connectivity index (χ3n) is 4.26. The average molecular weight is 353 g/mol. The molecule has 0 aliphatic carbocycles. The summed E-state index contributed by atoms with van der Waals surface area (Å²) in [7, 11) is 0. The lowest BCUT2D eigenvalue weighted by atomic mass is 9.95. The fourth-order valence-corrected chi connectivity index (χ4v) is 3.05. The maximum absolute atomic E-state index is 12.9. The molecule has 0 aromatic heterocycles. The second-order valence-corrected chi connectivity index (χ2v) is 6.14. The Morgan fingerprint density at radius 3 is 1.71 bits per heavy atom. The third kappa shape index (κ3) is 3.84. The summed E-state index contributed by atoms with van der Waals surface area (Å²) in [5, 5.41) is 0. The molecule has 2 atom stereocenters. The van der Waals surface area contributed by atoms with Crippen LogP contribution in [0.3, 0.4) is 0 Å². The van der Waals surface area contributed by atoms with E-state index in [1.165, 1.54) is 4.90 Å². The van der Waals surface area contributed by atoms with Crippen molar-refractivity contribution in [3.05, 3.63) is 34.9 Å². The minimum Gasteiger partial charge on any atom is -0.333 e. The Balaban J connectivity index is 2.50. The van der Waals surface area contributed by atoms with Crippen molar-refractivity contribution in [1.29, 1.82) is 0 Å². The molecule has 1 fully saturated rings. The van der Waals surface area contributed by atoms with Gasteiger partial charge in [0.1, 0.15) is 0 Å². The van der Waals surface area contributed by atoms with Gasteiger partial charge in [-0.15, -0.1) is 0 Å². The number of amides is 1. The van der Waals surface area contributed by atoms with Crippen LogP contribution < -0.4 is 0 Å². The Bertz CT molecular complexity index is 580. The number of rotatable bonds is 1. The van der Waals surface area contributed by atoms with E-state index < -0.39 is 35.0 Å². The van der Waals surface area contributed by atoms with Gasteiger partial charge in [0.25, 0.3) is 5.91 Å². The van der Waals surface area contributed by atoms with Crippen LogP contribution in [0, 0.1) is 0 Å². The molecule has 1 aliphatic rings. The summed E-state index contributed by atoms with van der Waals surface area (Å²) in [6.45, 7) is 3.48. The van der Waals surface area contributed by atoms with E-state index in [0.717, 1.165) is 6.42 Å². The normalized spacial score (nSPS) is 22.6. The van der Waals surface area contributed by atoms with E-state index in [0.29, 0.717) is 25.0 Å². The van der Waals surface area contributed by atoms with Crippen molar-refractivity contribution < 1.29 is 31.1 Å². The van der Waals surface area contributed by atoms with Gasteiger partial charge >= 0.3 is 12.4 Å². The molecule has 2 unspecified atom stereocenters. The van der Waals surface area contributed by atoms with E-state index >= 15 is 0 Å². The van der Waals surface area contributed by atoms with Gasteiger partial charge in [0.2, 0.25) is 0 Å². The number of piperidine rings is 1. The first-order valence-corrected chi connectivity index (χ1v) is 7.53. The topological polar surface area (TPSA) is 20.3 Å². The molecule has 0 radical (unpaired) electrons. The zero-order valence-electron chi connectivity index (χ0n) is 13.1. The van der Waals surface area contributed by atoms with Crippen molar-refractivity contribution in [3.63, 3.8) is 0 Å². The lowest BCUT2D eigenvalue weighted by molar-refractivity contribution is -0.143. The van der Waals surface area contributed by atoms with Gasteiger partial charge in [-0.1, -0.05) is 0 Å². The number of halogens is 6. The second kappa shape index (κ2) is 6.29. The largest absolute Gasteiger partial charge is 0.416 e. The minimum absolute atomic E-state index is 0.0276. The molecular weight excluding hydrogens is 336 g/mol. The maximum Gasteiger partial charge on any atom is 0.416 e. The van der Waals surface area contributed by atoms with E-state index in [4.69, 9.17) is 0 Å². The molecular formula is C16H17F6NO. The highest BCUT2D eigenvalue weighted by Crippen LogP contribution is 2.37. The molecule has 0 spiro atoms. The fraction of sp³-hybridized carbons (Fsp3) is 0.562. The van der Waals surface area contributed by atoms with Gasteiger partial charge in [-0.05, 0) is 51.3 Å². The highest BCUT2D eigenvalue weighted by atomic mass is 19.4. The molecule has 1 amide bonds. The van der Waals surface area contributed by atoms with Crippen molar-refractivity contribution in [3.8, 4) is 0 Å². The summed E-state index contributed by atoms with van der Waals surface area (Å²) in [6.07, 6.45) is -7.73. The van der Waals surface area contributed by atoms with Crippen molar-refractivity contribution in [2.24, 2.45) is 0 Å². The summed E-state index contributed by atoms with van der Waals surface area (Å²) < 4.78 is 77.4. The summed E-state index contributed by atoms with van der Waals surface area (Å²) in [4.78, 5) is 13.9. The Labute approximate surface area is 135 Å². The summed E-state index contributed by atoms with van der Waals surface area (Å²) >= 11 is 0. The molecule has 24 heavy (non-hydrogen) atoms. The van der Waals surface area contributed by atoms with E-state index in [1.54, 1.807) is 13.8 Å². The molecule has 1 saturated heterocycles. The van der Waals surface area contributed by atoms with Crippen LogP contribution in [0.5, 0.6) is 0 Å². The monoisotopic (exact) mass is 353 g/mol. The van der Waals surface area contributed by atoms with Crippen molar-refractivity contribution in [2.45, 2.75) is 57.5 Å². The van der Waals surface area contributed by atoms with Crippen molar-refractivity contribution in [2.75, 3.05) is 0 Å². The molecule has 2 nitrogen and oxygen atoms in total. The predicted octanol–water partition coefficient (Wildman–Crippen LogP) is 5.13. The molecule has 1 aromatic carbocycles. The molecule has 2 rings (SSSR count). The Hall–Kier alpha value is -1.73. The SMILES string of the molecule is CC1CCCC(C)N1C(=O)c1cc(C(F)(F)F)cc(C(F)(F)F)c1. The van der Waals surface area contributed by atoms with Crippen LogP contribution in [0.2, 0.25) is 0 Å². The molecule has 1 aromatic rings. The first-order chi connectivity index (χ1) is 10.9. The van der Waals surface area contributed by atoms with Gasteiger partial charge in [0, 0.05) is 17.6 Å². The average Bonchev–Trinajstić information content (AvgIpc) is 2.44. The number of nitrogens with zero attached hydrogens (tertiary/aromatic N) is 1. The fourth-order valence-electron chi connectivity index (χ4n) is 3.05. The van der Waals surface area contributed by atoms with Gasteiger partial charge in [0.05, 0.1) is 11.1 Å². The van der Waals surface area contributed by atoms with Crippen molar-refractivity contribution in [1.82, 2.24) is 4.90 Å². The first kappa shape index (κ1) is 18.6. The molecule has 0 saturated carbocycles. The second-order valence-electron chi connectivity index (χ2n) is 6.14. The van der Waals surface area contributed by atoms with Gasteiger partial charge in [0.15, 0.2) is 0 Å². The Morgan fingerprint density at radius 2 is 1.33 bits per heavy atom. The molecule has 1 heterocycles. The van der Waals surface area contributed by atoms with Crippen LogP contribution in [-0.4, -0.2) is 22.9 Å². The number of benzene rings is 1. The van der Waals surface area contributed by atoms with E-state index in [2.05, 4.69) is 0 Å². The van der Waals surface area contributed by atoms with Crippen LogP contribution in [0.15, 0.2) is 18.2 Å². The van der Waals surface area contributed by atoms with E-state index in [1.807, 2.05) is 0 Å². The van der Waals surface area contributed by atoms with Crippen molar-refractivity contribution >= 4 is 5.91 Å². The smallest absolute Gasteiger partial charge is 0.333 e. The zero-order valence-corrected chi connectivity index (χ0v) is 13.1. The molecule has 8 heteroatoms. The van der Waals surface area contributed by atoms with Crippen LogP contribution in [-0.2, 0) is 12.4 Å². The lowest BCUT2D eigenvalue weighted by Crippen LogP contribution is -2.47. The Kier molecular flexibility index (Phi) is 4.88. The van der Waals surface area contributed by atoms with Crippen LogP contribution in [0.4, 0.5) is 26.3 Å². The molecule has 1 aliphatic heterocycles. The van der Waals surface area contributed by atoms with Crippen LogP contribution >= 0.6 is 0 Å². The van der Waals surface area contributed by atoms with Gasteiger partial charge in [-0.2, -0.15) is 26.3 Å². The van der Waals surface area contributed by atoms with Gasteiger partial charge in [-0.25, -0.2) is 0 Å². The quantitative estimate of drug-likeness (QED) is 0.641. The zero-order chi connectivity index (χ0) is 18.3. The summed E-state index contributed by atoms with van der Waals surface area (Å²) in [6, 6.07) is 0.548. The van der Waals surface area contributed by atoms with Crippen LogP contribution in [0.1, 0.15) is 54.6 Å². The number of hydrogen-bond donors (Lipinski definition) is 0. The third-order valence-corrected chi connectivity index (χ3v) is 4.26. The number of alkyl halides is 6. The number of carbonyl (C=O) groups excluding carboxylic acids is 1. The Morgan fingerprint density at radius 1 is 0.917 bits per heavy atom.